The van der Waals surface area contributed by atoms with Crippen LogP contribution in [0.1, 0.15) is 104 Å². The highest BCUT2D eigenvalue weighted by Crippen LogP contribution is 2.22. The molecule has 0 bridgehead atoms. The van der Waals surface area contributed by atoms with Gasteiger partial charge in [-0.3, -0.25) is 4.79 Å². The molecule has 0 spiro atoms. The van der Waals surface area contributed by atoms with Gasteiger partial charge in [-0.05, 0) is 6.42 Å². The molecule has 1 aliphatic rings. The van der Waals surface area contributed by atoms with Crippen LogP contribution in [0.5, 0.6) is 0 Å². The van der Waals surface area contributed by atoms with Crippen molar-refractivity contribution >= 4 is 5.91 Å². The van der Waals surface area contributed by atoms with Crippen molar-refractivity contribution in [1.82, 2.24) is 5.32 Å². The predicted octanol–water partition coefficient (Wildman–Crippen LogP) is 3.43. The fourth-order valence-electron chi connectivity index (χ4n) is 4.11. The summed E-state index contributed by atoms with van der Waals surface area (Å²) in [5, 5.41) is 32.2. The van der Waals surface area contributed by atoms with Crippen LogP contribution >= 0.6 is 0 Å². The number of hydrogen-bond acceptors (Lipinski definition) is 6. The summed E-state index contributed by atoms with van der Waals surface area (Å²) in [6.07, 6.45) is 13.6. The number of aliphatic hydroxyl groups is 3. The minimum atomic E-state index is -1.28. The van der Waals surface area contributed by atoms with Gasteiger partial charge in [0.1, 0.15) is 24.4 Å². The second-order valence-corrected chi connectivity index (χ2v) is 8.90. The van der Waals surface area contributed by atoms with Crippen molar-refractivity contribution in [2.75, 3.05) is 13.2 Å². The standard InChI is InChI=1S/C24H47NO6/c1-3-4-5-6-7-8-9-10-11-12-13-14-15-16-17-30-24-21(25-19(2)27)23(29)22(28)20(18-26)31-24/h20-24,26,28-29H,3-18H2,1-2H3,(H,25,27)/t20-,21-,22-,23-,24-/m0/s1. The molecule has 7 nitrogen and oxygen atoms in total. The topological polar surface area (TPSA) is 108 Å². The Kier molecular flexibility index (Phi) is 16.2. The average Bonchev–Trinajstić information content (AvgIpc) is 2.75. The van der Waals surface area contributed by atoms with Crippen LogP contribution in [0.25, 0.3) is 0 Å². The zero-order valence-electron chi connectivity index (χ0n) is 19.8. The monoisotopic (exact) mass is 445 g/mol. The quantitative estimate of drug-likeness (QED) is 0.241. The van der Waals surface area contributed by atoms with E-state index >= 15 is 0 Å². The third-order valence-electron chi connectivity index (χ3n) is 6.03. The normalized spacial score (nSPS) is 26.2. The molecule has 31 heavy (non-hydrogen) atoms. The summed E-state index contributed by atoms with van der Waals surface area (Å²) in [4.78, 5) is 11.4. The van der Waals surface area contributed by atoms with Crippen molar-refractivity contribution in [3.8, 4) is 0 Å². The number of aliphatic hydroxyl groups excluding tert-OH is 3. The summed E-state index contributed by atoms with van der Waals surface area (Å²) in [6, 6.07) is -0.859. The molecule has 1 amide bonds. The first-order chi connectivity index (χ1) is 15.0. The van der Waals surface area contributed by atoms with Crippen LogP contribution in [-0.4, -0.2) is 65.1 Å². The second kappa shape index (κ2) is 17.8. The van der Waals surface area contributed by atoms with E-state index in [4.69, 9.17) is 9.47 Å². The first-order valence-corrected chi connectivity index (χ1v) is 12.5. The molecule has 0 aromatic heterocycles. The number of unbranched alkanes of at least 4 members (excludes halogenated alkanes) is 13. The van der Waals surface area contributed by atoms with Crippen LogP contribution in [-0.2, 0) is 14.3 Å². The molecule has 1 aliphatic heterocycles. The molecule has 1 heterocycles. The van der Waals surface area contributed by atoms with Crippen LogP contribution in [0, 0.1) is 0 Å². The van der Waals surface area contributed by atoms with Crippen LogP contribution in [0.2, 0.25) is 0 Å². The molecular formula is C24H47NO6. The Morgan fingerprint density at radius 3 is 1.77 bits per heavy atom. The van der Waals surface area contributed by atoms with Crippen LogP contribution in [0.3, 0.4) is 0 Å². The molecule has 1 rings (SSSR count). The highest BCUT2D eigenvalue weighted by atomic mass is 16.7. The van der Waals surface area contributed by atoms with E-state index < -0.39 is 37.3 Å². The van der Waals surface area contributed by atoms with Gasteiger partial charge in [-0.1, -0.05) is 90.4 Å². The maximum Gasteiger partial charge on any atom is 0.217 e. The number of ether oxygens (including phenoxy) is 2. The summed E-state index contributed by atoms with van der Waals surface area (Å²) < 4.78 is 11.3. The lowest BCUT2D eigenvalue weighted by molar-refractivity contribution is -0.270. The van der Waals surface area contributed by atoms with Gasteiger partial charge in [-0.15, -0.1) is 0 Å². The number of hydrogen-bond donors (Lipinski definition) is 4. The van der Waals surface area contributed by atoms with E-state index in [1.165, 1.54) is 84.0 Å². The third-order valence-corrected chi connectivity index (χ3v) is 6.03. The molecule has 0 aliphatic carbocycles. The molecule has 0 saturated carbocycles. The number of carbonyl (C=O) groups excluding carboxylic acids is 1. The Balaban J connectivity index is 2.07. The van der Waals surface area contributed by atoms with E-state index in [1.54, 1.807) is 0 Å². The molecular weight excluding hydrogens is 398 g/mol. The summed E-state index contributed by atoms with van der Waals surface area (Å²) in [5.41, 5.74) is 0. The molecule has 0 unspecified atom stereocenters. The smallest absolute Gasteiger partial charge is 0.217 e. The summed E-state index contributed by atoms with van der Waals surface area (Å²) in [5.74, 6) is -0.340. The van der Waals surface area contributed by atoms with Gasteiger partial charge in [0.15, 0.2) is 6.29 Å². The van der Waals surface area contributed by atoms with E-state index in [2.05, 4.69) is 12.2 Å². The summed E-state index contributed by atoms with van der Waals surface area (Å²) in [7, 11) is 0. The second-order valence-electron chi connectivity index (χ2n) is 8.90. The zero-order valence-corrected chi connectivity index (χ0v) is 19.8. The van der Waals surface area contributed by atoms with Crippen molar-refractivity contribution in [2.45, 2.75) is 134 Å². The molecule has 1 saturated heterocycles. The first kappa shape index (κ1) is 28.3. The van der Waals surface area contributed by atoms with Gasteiger partial charge in [0.25, 0.3) is 0 Å². The largest absolute Gasteiger partial charge is 0.394 e. The van der Waals surface area contributed by atoms with E-state index in [-0.39, 0.29) is 5.91 Å². The van der Waals surface area contributed by atoms with Gasteiger partial charge >= 0.3 is 0 Å². The molecule has 7 heteroatoms. The van der Waals surface area contributed by atoms with Crippen LogP contribution in [0.4, 0.5) is 0 Å². The predicted molar refractivity (Wildman–Crippen MR) is 122 cm³/mol. The number of amides is 1. The van der Waals surface area contributed by atoms with E-state index in [0.29, 0.717) is 6.61 Å². The lowest BCUT2D eigenvalue weighted by Crippen LogP contribution is -2.64. The molecule has 0 radical (unpaired) electrons. The maximum atomic E-state index is 11.4. The Hall–Kier alpha value is -0.730. The first-order valence-electron chi connectivity index (χ1n) is 12.5. The van der Waals surface area contributed by atoms with Crippen molar-refractivity contribution in [3.63, 3.8) is 0 Å². The van der Waals surface area contributed by atoms with E-state index in [1.807, 2.05) is 0 Å². The fraction of sp³-hybridized carbons (Fsp3) is 0.958. The number of nitrogens with one attached hydrogen (secondary N) is 1. The number of rotatable bonds is 18. The summed E-state index contributed by atoms with van der Waals surface area (Å²) in [6.45, 7) is 3.61. The van der Waals surface area contributed by atoms with Crippen LogP contribution in [0.15, 0.2) is 0 Å². The Morgan fingerprint density at radius 1 is 0.839 bits per heavy atom. The highest BCUT2D eigenvalue weighted by molar-refractivity contribution is 5.73. The molecule has 184 valence electrons. The van der Waals surface area contributed by atoms with Crippen molar-refractivity contribution in [2.24, 2.45) is 0 Å². The average molecular weight is 446 g/mol. The maximum absolute atomic E-state index is 11.4. The Labute approximate surface area is 188 Å². The van der Waals surface area contributed by atoms with E-state index in [0.717, 1.165) is 12.8 Å². The van der Waals surface area contributed by atoms with Gasteiger partial charge in [0.2, 0.25) is 5.91 Å². The van der Waals surface area contributed by atoms with Crippen molar-refractivity contribution < 1.29 is 29.6 Å². The van der Waals surface area contributed by atoms with Gasteiger partial charge in [-0.2, -0.15) is 0 Å². The van der Waals surface area contributed by atoms with Gasteiger partial charge < -0.3 is 30.1 Å². The number of carbonyl (C=O) groups is 1. The Bertz CT molecular complexity index is 450. The SMILES string of the molecule is CCCCCCCCCCCCCCCCO[C@H]1O[C@@H](CO)[C@H](O)[C@@H](O)[C@@H]1NC(C)=O. The van der Waals surface area contributed by atoms with E-state index in [9.17, 15) is 20.1 Å². The van der Waals surface area contributed by atoms with Gasteiger partial charge in [0.05, 0.1) is 6.61 Å². The zero-order chi connectivity index (χ0) is 22.9. The van der Waals surface area contributed by atoms with Crippen LogP contribution < -0.4 is 5.32 Å². The molecule has 5 atom stereocenters. The molecule has 0 aromatic rings. The van der Waals surface area contributed by atoms with Crippen molar-refractivity contribution in [3.05, 3.63) is 0 Å². The molecule has 0 aromatic carbocycles. The third kappa shape index (κ3) is 12.2. The fourth-order valence-corrected chi connectivity index (χ4v) is 4.11. The van der Waals surface area contributed by atoms with Gasteiger partial charge in [-0.25, -0.2) is 0 Å². The van der Waals surface area contributed by atoms with Crippen molar-refractivity contribution in [1.29, 1.82) is 0 Å². The minimum Gasteiger partial charge on any atom is -0.394 e. The highest BCUT2D eigenvalue weighted by Gasteiger charge is 2.45. The molecule has 1 fully saturated rings. The Morgan fingerprint density at radius 2 is 1.32 bits per heavy atom. The lowest BCUT2D eigenvalue weighted by Gasteiger charge is -2.42. The summed E-state index contributed by atoms with van der Waals surface area (Å²) >= 11 is 0. The molecule has 4 N–H and O–H groups in total. The van der Waals surface area contributed by atoms with Gasteiger partial charge in [0, 0.05) is 13.5 Å². The minimum absolute atomic E-state index is 0.340. The lowest BCUT2D eigenvalue weighted by atomic mass is 9.97.